The van der Waals surface area contributed by atoms with Gasteiger partial charge in [0.2, 0.25) is 0 Å². The van der Waals surface area contributed by atoms with Gasteiger partial charge >= 0.3 is 6.03 Å². The molecule has 6 heteroatoms. The van der Waals surface area contributed by atoms with Crippen LogP contribution in [0.2, 0.25) is 0 Å². The Kier molecular flexibility index (Phi) is 6.89. The number of carbonyl (C=O) groups is 1. The van der Waals surface area contributed by atoms with Crippen molar-refractivity contribution in [3.05, 3.63) is 53.5 Å². The average Bonchev–Trinajstić information content (AvgIpc) is 3.13. The number of furan rings is 1. The second-order valence-electron chi connectivity index (χ2n) is 6.04. The highest BCUT2D eigenvalue weighted by Crippen LogP contribution is 2.22. The molecular weight excluding hydrogens is 320 g/mol. The molecule has 2 aromatic rings. The summed E-state index contributed by atoms with van der Waals surface area (Å²) in [6.07, 6.45) is 1.63. The summed E-state index contributed by atoms with van der Waals surface area (Å²) in [5.41, 5.74) is 2.01. The molecule has 0 bridgehead atoms. The van der Waals surface area contributed by atoms with Gasteiger partial charge < -0.3 is 24.9 Å². The molecule has 0 aliphatic heterocycles. The maximum atomic E-state index is 11.9. The number of carbonyl (C=O) groups excluding carboxylic acids is 1. The van der Waals surface area contributed by atoms with Crippen molar-refractivity contribution in [2.45, 2.75) is 45.9 Å². The normalized spacial score (nSPS) is 13.1. The van der Waals surface area contributed by atoms with Gasteiger partial charge in [0.15, 0.2) is 0 Å². The van der Waals surface area contributed by atoms with Gasteiger partial charge in [0.25, 0.3) is 0 Å². The van der Waals surface area contributed by atoms with Gasteiger partial charge in [-0.3, -0.25) is 0 Å². The lowest BCUT2D eigenvalue weighted by molar-refractivity contribution is 0.148. The summed E-state index contributed by atoms with van der Waals surface area (Å²) in [4.78, 5) is 11.9. The predicted octanol–water partition coefficient (Wildman–Crippen LogP) is 3.30. The first kappa shape index (κ1) is 18.9. The van der Waals surface area contributed by atoms with Crippen LogP contribution in [0.25, 0.3) is 0 Å². The highest BCUT2D eigenvalue weighted by molar-refractivity contribution is 5.73. The van der Waals surface area contributed by atoms with E-state index in [1.165, 1.54) is 6.26 Å². The van der Waals surface area contributed by atoms with Crippen LogP contribution in [0.3, 0.4) is 0 Å². The SMILES string of the molecule is CCC(C)Oc1cc(C)ccc1CNC(=O)NCC(O)c1ccco1. The molecule has 2 unspecified atom stereocenters. The fourth-order valence-corrected chi connectivity index (χ4v) is 2.23. The first-order valence-electron chi connectivity index (χ1n) is 8.49. The molecule has 6 nitrogen and oxygen atoms in total. The maximum absolute atomic E-state index is 11.9. The number of aliphatic hydroxyl groups excluding tert-OH is 1. The number of aliphatic hydroxyl groups is 1. The van der Waals surface area contributed by atoms with Crippen LogP contribution in [0, 0.1) is 6.92 Å². The Morgan fingerprint density at radius 1 is 1.32 bits per heavy atom. The lowest BCUT2D eigenvalue weighted by Gasteiger charge is -2.17. The van der Waals surface area contributed by atoms with E-state index in [9.17, 15) is 9.90 Å². The van der Waals surface area contributed by atoms with Crippen molar-refractivity contribution < 1.29 is 19.1 Å². The Morgan fingerprint density at radius 3 is 2.80 bits per heavy atom. The highest BCUT2D eigenvalue weighted by Gasteiger charge is 2.13. The maximum Gasteiger partial charge on any atom is 0.315 e. The molecule has 0 saturated heterocycles. The van der Waals surface area contributed by atoms with Crippen molar-refractivity contribution in [1.29, 1.82) is 0 Å². The molecular formula is C19H26N2O4. The zero-order valence-electron chi connectivity index (χ0n) is 14.9. The van der Waals surface area contributed by atoms with E-state index >= 15 is 0 Å². The molecule has 25 heavy (non-hydrogen) atoms. The van der Waals surface area contributed by atoms with Gasteiger partial charge in [0.1, 0.15) is 17.6 Å². The van der Waals surface area contributed by atoms with Gasteiger partial charge in [0.05, 0.1) is 18.9 Å². The standard InChI is InChI=1S/C19H26N2O4/c1-4-14(3)25-18-10-13(2)7-8-15(18)11-20-19(23)21-12-16(22)17-6-5-9-24-17/h5-10,14,16,22H,4,11-12H2,1-3H3,(H2,20,21,23). The van der Waals surface area contributed by atoms with Gasteiger partial charge in [-0.05, 0) is 44.0 Å². The van der Waals surface area contributed by atoms with Crippen molar-refractivity contribution >= 4 is 6.03 Å². The molecule has 0 aliphatic carbocycles. The topological polar surface area (TPSA) is 83.7 Å². The van der Waals surface area contributed by atoms with Gasteiger partial charge in [-0.15, -0.1) is 0 Å². The van der Waals surface area contributed by atoms with E-state index in [0.717, 1.165) is 23.3 Å². The Morgan fingerprint density at radius 2 is 2.12 bits per heavy atom. The molecule has 0 spiro atoms. The molecule has 2 atom stereocenters. The van der Waals surface area contributed by atoms with Crippen LogP contribution < -0.4 is 15.4 Å². The van der Waals surface area contributed by atoms with Crippen LogP contribution in [-0.4, -0.2) is 23.8 Å². The Balaban J connectivity index is 1.86. The Hall–Kier alpha value is -2.47. The van der Waals surface area contributed by atoms with Crippen LogP contribution >= 0.6 is 0 Å². The average molecular weight is 346 g/mol. The van der Waals surface area contributed by atoms with Crippen molar-refractivity contribution in [2.75, 3.05) is 6.54 Å². The van der Waals surface area contributed by atoms with Gasteiger partial charge in [-0.2, -0.15) is 0 Å². The molecule has 1 heterocycles. The number of nitrogens with one attached hydrogen (secondary N) is 2. The Labute approximate surface area is 148 Å². The monoisotopic (exact) mass is 346 g/mol. The molecule has 1 aromatic heterocycles. The van der Waals surface area contributed by atoms with Crippen molar-refractivity contribution in [3.63, 3.8) is 0 Å². The summed E-state index contributed by atoms with van der Waals surface area (Å²) in [5, 5.41) is 15.3. The first-order valence-corrected chi connectivity index (χ1v) is 8.49. The molecule has 1 aromatic carbocycles. The summed E-state index contributed by atoms with van der Waals surface area (Å²) in [7, 11) is 0. The number of amides is 2. The summed E-state index contributed by atoms with van der Waals surface area (Å²) in [6.45, 7) is 6.50. The summed E-state index contributed by atoms with van der Waals surface area (Å²) in [5.74, 6) is 1.20. The lowest BCUT2D eigenvalue weighted by atomic mass is 10.1. The molecule has 0 aliphatic rings. The van der Waals surface area contributed by atoms with E-state index in [0.29, 0.717) is 12.3 Å². The first-order chi connectivity index (χ1) is 12.0. The molecule has 2 amide bonds. The van der Waals surface area contributed by atoms with E-state index in [1.807, 2.05) is 32.0 Å². The lowest BCUT2D eigenvalue weighted by Crippen LogP contribution is -2.37. The largest absolute Gasteiger partial charge is 0.490 e. The van der Waals surface area contributed by atoms with E-state index in [1.54, 1.807) is 12.1 Å². The van der Waals surface area contributed by atoms with Crippen LogP contribution in [0.15, 0.2) is 41.0 Å². The minimum absolute atomic E-state index is 0.0729. The zero-order valence-corrected chi connectivity index (χ0v) is 14.9. The molecule has 136 valence electrons. The third-order valence-corrected chi connectivity index (χ3v) is 3.89. The number of hydrogen-bond donors (Lipinski definition) is 3. The number of rotatable bonds is 8. The molecule has 3 N–H and O–H groups in total. The Bertz CT molecular complexity index is 670. The minimum Gasteiger partial charge on any atom is -0.490 e. The molecule has 0 saturated carbocycles. The highest BCUT2D eigenvalue weighted by atomic mass is 16.5. The smallest absolute Gasteiger partial charge is 0.315 e. The van der Waals surface area contributed by atoms with E-state index in [4.69, 9.17) is 9.15 Å². The van der Waals surface area contributed by atoms with E-state index < -0.39 is 6.10 Å². The van der Waals surface area contributed by atoms with Crippen molar-refractivity contribution in [2.24, 2.45) is 0 Å². The van der Waals surface area contributed by atoms with E-state index in [2.05, 4.69) is 17.6 Å². The van der Waals surface area contributed by atoms with Gasteiger partial charge in [-0.25, -0.2) is 4.79 Å². The minimum atomic E-state index is -0.871. The number of aryl methyl sites for hydroxylation is 1. The molecule has 2 rings (SSSR count). The quantitative estimate of drug-likeness (QED) is 0.685. The summed E-state index contributed by atoms with van der Waals surface area (Å²) < 4.78 is 11.0. The van der Waals surface area contributed by atoms with Crippen LogP contribution in [-0.2, 0) is 6.54 Å². The predicted molar refractivity (Wildman–Crippen MR) is 95.5 cm³/mol. The number of urea groups is 1. The van der Waals surface area contributed by atoms with Crippen molar-refractivity contribution in [1.82, 2.24) is 10.6 Å². The zero-order chi connectivity index (χ0) is 18.2. The van der Waals surface area contributed by atoms with Crippen LogP contribution in [0.4, 0.5) is 4.79 Å². The number of benzene rings is 1. The summed E-state index contributed by atoms with van der Waals surface area (Å²) in [6, 6.07) is 8.90. The summed E-state index contributed by atoms with van der Waals surface area (Å²) >= 11 is 0. The fourth-order valence-electron chi connectivity index (χ4n) is 2.23. The van der Waals surface area contributed by atoms with Crippen molar-refractivity contribution in [3.8, 4) is 5.75 Å². The van der Waals surface area contributed by atoms with Gasteiger partial charge in [-0.1, -0.05) is 19.1 Å². The third-order valence-electron chi connectivity index (χ3n) is 3.89. The second kappa shape index (κ2) is 9.13. The third kappa shape index (κ3) is 5.83. The van der Waals surface area contributed by atoms with Crippen LogP contribution in [0.1, 0.15) is 43.3 Å². The van der Waals surface area contributed by atoms with Gasteiger partial charge in [0, 0.05) is 12.1 Å². The second-order valence-corrected chi connectivity index (χ2v) is 6.04. The van der Waals surface area contributed by atoms with Crippen LogP contribution in [0.5, 0.6) is 5.75 Å². The molecule has 0 fully saturated rings. The number of hydrogen-bond acceptors (Lipinski definition) is 4. The fraction of sp³-hybridized carbons (Fsp3) is 0.421. The molecule has 0 radical (unpaired) electrons. The van der Waals surface area contributed by atoms with E-state index in [-0.39, 0.29) is 18.7 Å². The number of ether oxygens (including phenoxy) is 1.